The molecule has 3 unspecified atom stereocenters. The molecule has 0 spiro atoms. The van der Waals surface area contributed by atoms with E-state index in [1.807, 2.05) is 12.1 Å². The molecule has 0 bridgehead atoms. The molecule has 0 heterocycles. The Kier molecular flexibility index (Phi) is 3.48. The average Bonchev–Trinajstić information content (AvgIpc) is 2.79. The summed E-state index contributed by atoms with van der Waals surface area (Å²) >= 11 is 0. The van der Waals surface area contributed by atoms with Crippen molar-refractivity contribution in [2.45, 2.75) is 51.4 Å². The molecule has 3 aliphatic carbocycles. The number of carbonyl (C=O) groups excluding carboxylic acids is 1. The number of rotatable bonds is 2. The second-order valence-corrected chi connectivity index (χ2v) is 8.01. The van der Waals surface area contributed by atoms with Crippen LogP contribution in [-0.2, 0) is 11.2 Å². The van der Waals surface area contributed by atoms with Crippen molar-refractivity contribution >= 4 is 5.78 Å². The summed E-state index contributed by atoms with van der Waals surface area (Å²) in [6, 6.07) is 5.56. The van der Waals surface area contributed by atoms with E-state index in [1.54, 1.807) is 6.07 Å². The topological polar surface area (TPSA) is 17.1 Å². The zero-order valence-corrected chi connectivity index (χ0v) is 13.9. The van der Waals surface area contributed by atoms with Gasteiger partial charge in [0.05, 0.1) is 0 Å². The summed E-state index contributed by atoms with van der Waals surface area (Å²) in [5, 5.41) is 0. The first kappa shape index (κ1) is 15.1. The summed E-state index contributed by atoms with van der Waals surface area (Å²) in [6.07, 6.45) is 7.47. The summed E-state index contributed by atoms with van der Waals surface area (Å²) in [4.78, 5) is 12.7. The van der Waals surface area contributed by atoms with Gasteiger partial charge in [0.25, 0.3) is 0 Å². The minimum absolute atomic E-state index is 0.0422. The SMILES string of the molecule is C=CC[C@@H]1CC(=O)[C@@]2(C)CCC3c4cccc(F)c4CCC3C12. The summed E-state index contributed by atoms with van der Waals surface area (Å²) < 4.78 is 14.2. The van der Waals surface area contributed by atoms with Crippen LogP contribution in [0.1, 0.15) is 56.1 Å². The van der Waals surface area contributed by atoms with Crippen molar-refractivity contribution in [2.24, 2.45) is 23.2 Å². The molecule has 1 aromatic carbocycles. The fraction of sp³-hybridized carbons (Fsp3) is 0.571. The number of carbonyl (C=O) groups is 1. The maximum absolute atomic E-state index is 14.2. The number of hydrogen-bond acceptors (Lipinski definition) is 1. The van der Waals surface area contributed by atoms with Gasteiger partial charge in [0, 0.05) is 11.8 Å². The Morgan fingerprint density at radius 2 is 2.22 bits per heavy atom. The normalized spacial score (nSPS) is 38.6. The van der Waals surface area contributed by atoms with E-state index >= 15 is 0 Å². The molecule has 3 aliphatic rings. The van der Waals surface area contributed by atoms with Gasteiger partial charge in [0.1, 0.15) is 11.6 Å². The molecular weight excluding hydrogens is 287 g/mol. The highest BCUT2D eigenvalue weighted by Crippen LogP contribution is 2.62. The molecule has 2 heteroatoms. The van der Waals surface area contributed by atoms with Gasteiger partial charge >= 0.3 is 0 Å². The van der Waals surface area contributed by atoms with Crippen LogP contribution in [0.2, 0.25) is 0 Å². The van der Waals surface area contributed by atoms with Crippen LogP contribution in [0.4, 0.5) is 4.39 Å². The van der Waals surface area contributed by atoms with E-state index in [1.165, 1.54) is 5.56 Å². The molecule has 2 saturated carbocycles. The van der Waals surface area contributed by atoms with Crippen LogP contribution in [0.3, 0.4) is 0 Å². The lowest BCUT2D eigenvalue weighted by atomic mass is 9.54. The van der Waals surface area contributed by atoms with Crippen LogP contribution in [0.15, 0.2) is 30.9 Å². The van der Waals surface area contributed by atoms with Crippen molar-refractivity contribution in [3.63, 3.8) is 0 Å². The number of fused-ring (bicyclic) bond motifs is 5. The Morgan fingerprint density at radius 1 is 1.39 bits per heavy atom. The molecule has 1 nitrogen and oxygen atoms in total. The first-order valence-electron chi connectivity index (χ1n) is 8.97. The Balaban J connectivity index is 1.75. The number of ketones is 1. The standard InChI is InChI=1S/C21H25FO/c1-3-5-13-12-19(23)21(2)11-10-15-14-6-4-7-18(22)16(14)8-9-17(15)20(13)21/h3-4,6-7,13,15,17,20H,1,5,8-12H2,2H3/t13-,15?,17?,20?,21-/m1/s1. The van der Waals surface area contributed by atoms with Gasteiger partial charge in [0.15, 0.2) is 0 Å². The van der Waals surface area contributed by atoms with E-state index in [0.717, 1.165) is 37.7 Å². The van der Waals surface area contributed by atoms with E-state index in [2.05, 4.69) is 19.6 Å². The van der Waals surface area contributed by atoms with E-state index in [4.69, 9.17) is 0 Å². The van der Waals surface area contributed by atoms with Crippen molar-refractivity contribution in [3.05, 3.63) is 47.8 Å². The van der Waals surface area contributed by atoms with Crippen molar-refractivity contribution in [1.29, 1.82) is 0 Å². The zero-order valence-electron chi connectivity index (χ0n) is 13.9. The lowest BCUT2D eigenvalue weighted by Crippen LogP contribution is -2.44. The number of hydrogen-bond donors (Lipinski definition) is 0. The molecular formula is C21H25FO. The maximum atomic E-state index is 14.2. The van der Waals surface area contributed by atoms with Gasteiger partial charge in [-0.05, 0) is 73.0 Å². The summed E-state index contributed by atoms with van der Waals surface area (Å²) in [5.41, 5.74) is 2.00. The van der Waals surface area contributed by atoms with Gasteiger partial charge in [0.2, 0.25) is 0 Å². The molecule has 1 aromatic rings. The van der Waals surface area contributed by atoms with E-state index in [-0.39, 0.29) is 11.2 Å². The molecule has 122 valence electrons. The van der Waals surface area contributed by atoms with Crippen LogP contribution in [-0.4, -0.2) is 5.78 Å². The molecule has 0 saturated heterocycles. The fourth-order valence-electron chi connectivity index (χ4n) is 6.06. The van der Waals surface area contributed by atoms with E-state index < -0.39 is 0 Å². The highest BCUT2D eigenvalue weighted by molar-refractivity contribution is 5.87. The molecule has 0 aliphatic heterocycles. The summed E-state index contributed by atoms with van der Waals surface area (Å²) in [5.74, 6) is 2.26. The zero-order chi connectivity index (χ0) is 16.2. The fourth-order valence-corrected chi connectivity index (χ4v) is 6.06. The largest absolute Gasteiger partial charge is 0.299 e. The maximum Gasteiger partial charge on any atom is 0.139 e. The lowest BCUT2D eigenvalue weighted by molar-refractivity contribution is -0.129. The van der Waals surface area contributed by atoms with Crippen LogP contribution >= 0.6 is 0 Å². The summed E-state index contributed by atoms with van der Waals surface area (Å²) in [6.45, 7) is 6.10. The van der Waals surface area contributed by atoms with Gasteiger partial charge in [-0.3, -0.25) is 4.79 Å². The molecule has 0 aromatic heterocycles. The Morgan fingerprint density at radius 3 is 3.00 bits per heavy atom. The Bertz CT molecular complexity index is 664. The van der Waals surface area contributed by atoms with Crippen molar-refractivity contribution < 1.29 is 9.18 Å². The summed E-state index contributed by atoms with van der Waals surface area (Å²) in [7, 11) is 0. The predicted octanol–water partition coefficient (Wildman–Crippen LogP) is 5.05. The van der Waals surface area contributed by atoms with Crippen LogP contribution in [0.25, 0.3) is 0 Å². The average molecular weight is 312 g/mol. The van der Waals surface area contributed by atoms with Crippen molar-refractivity contribution in [2.75, 3.05) is 0 Å². The highest BCUT2D eigenvalue weighted by atomic mass is 19.1. The Hall–Kier alpha value is -1.44. The quantitative estimate of drug-likeness (QED) is 0.698. The van der Waals surface area contributed by atoms with Gasteiger partial charge in [-0.25, -0.2) is 4.39 Å². The number of benzene rings is 1. The van der Waals surface area contributed by atoms with Crippen molar-refractivity contribution in [3.8, 4) is 0 Å². The molecule has 23 heavy (non-hydrogen) atoms. The van der Waals surface area contributed by atoms with Gasteiger partial charge in [-0.1, -0.05) is 25.1 Å². The minimum atomic E-state index is -0.153. The first-order valence-corrected chi connectivity index (χ1v) is 8.97. The second kappa shape index (κ2) is 5.29. The number of Topliss-reactive ketones (excluding diaryl/α,β-unsaturated/α-hetero) is 1. The van der Waals surface area contributed by atoms with Gasteiger partial charge in [-0.2, -0.15) is 0 Å². The molecule has 5 atom stereocenters. The van der Waals surface area contributed by atoms with Gasteiger partial charge < -0.3 is 0 Å². The molecule has 0 radical (unpaired) electrons. The molecule has 2 fully saturated rings. The number of halogens is 1. The lowest BCUT2D eigenvalue weighted by Gasteiger charge is -2.49. The highest BCUT2D eigenvalue weighted by Gasteiger charge is 2.58. The third kappa shape index (κ3) is 2.07. The van der Waals surface area contributed by atoms with Crippen molar-refractivity contribution in [1.82, 2.24) is 0 Å². The van der Waals surface area contributed by atoms with E-state index in [0.29, 0.717) is 35.9 Å². The number of allylic oxidation sites excluding steroid dienone is 1. The molecule has 4 rings (SSSR count). The monoisotopic (exact) mass is 312 g/mol. The van der Waals surface area contributed by atoms with Crippen LogP contribution in [0.5, 0.6) is 0 Å². The first-order chi connectivity index (χ1) is 11.1. The third-order valence-corrected chi connectivity index (χ3v) is 7.03. The van der Waals surface area contributed by atoms with Crippen LogP contribution < -0.4 is 0 Å². The van der Waals surface area contributed by atoms with E-state index in [9.17, 15) is 9.18 Å². The third-order valence-electron chi connectivity index (χ3n) is 7.03. The smallest absolute Gasteiger partial charge is 0.139 e. The molecule has 0 N–H and O–H groups in total. The van der Waals surface area contributed by atoms with Crippen LogP contribution in [0, 0.1) is 29.0 Å². The minimum Gasteiger partial charge on any atom is -0.299 e. The molecule has 0 amide bonds. The van der Waals surface area contributed by atoms with Gasteiger partial charge in [-0.15, -0.1) is 6.58 Å². The second-order valence-electron chi connectivity index (χ2n) is 8.01. The predicted molar refractivity (Wildman–Crippen MR) is 89.7 cm³/mol. The Labute approximate surface area is 138 Å².